The first-order valence-corrected chi connectivity index (χ1v) is 6.95. The van der Waals surface area contributed by atoms with Crippen LogP contribution in [0.3, 0.4) is 0 Å². The lowest BCUT2D eigenvalue weighted by atomic mass is 9.95. The van der Waals surface area contributed by atoms with Crippen LogP contribution in [0.5, 0.6) is 0 Å². The molecule has 1 heterocycles. The largest absolute Gasteiger partial charge is 0.328 e. The van der Waals surface area contributed by atoms with Gasteiger partial charge in [-0.2, -0.15) is 0 Å². The van der Waals surface area contributed by atoms with E-state index in [1.807, 2.05) is 6.20 Å². The second-order valence-corrected chi connectivity index (χ2v) is 5.26. The molecule has 18 heavy (non-hydrogen) atoms. The molecule has 0 aliphatic heterocycles. The van der Waals surface area contributed by atoms with Gasteiger partial charge in [0.15, 0.2) is 0 Å². The van der Waals surface area contributed by atoms with Crippen molar-refractivity contribution in [3.8, 4) is 11.4 Å². The Hall–Kier alpha value is -1.57. The second-order valence-electron chi connectivity index (χ2n) is 5.26. The number of benzene rings is 1. The van der Waals surface area contributed by atoms with Crippen molar-refractivity contribution in [2.24, 2.45) is 0 Å². The van der Waals surface area contributed by atoms with E-state index >= 15 is 0 Å². The molecule has 2 nitrogen and oxygen atoms in total. The van der Waals surface area contributed by atoms with Gasteiger partial charge < -0.3 is 4.57 Å². The summed E-state index contributed by atoms with van der Waals surface area (Å²) in [6, 6.07) is 9.18. The Balaban J connectivity index is 1.98. The van der Waals surface area contributed by atoms with Crippen molar-refractivity contribution in [1.29, 1.82) is 0 Å². The predicted molar refractivity (Wildman–Crippen MR) is 74.5 cm³/mol. The third-order valence-electron chi connectivity index (χ3n) is 4.02. The lowest BCUT2D eigenvalue weighted by molar-refractivity contribution is 0.355. The highest BCUT2D eigenvalue weighted by atomic mass is 15.1. The maximum atomic E-state index is 4.59. The molecule has 0 bridgehead atoms. The highest BCUT2D eigenvalue weighted by Gasteiger charge is 2.18. The molecule has 0 amide bonds. The molecule has 1 fully saturated rings. The number of imidazole rings is 1. The lowest BCUT2D eigenvalue weighted by Gasteiger charge is -2.25. The van der Waals surface area contributed by atoms with Gasteiger partial charge in [-0.3, -0.25) is 0 Å². The van der Waals surface area contributed by atoms with E-state index in [1.165, 1.54) is 43.2 Å². The van der Waals surface area contributed by atoms with Crippen LogP contribution in [0, 0.1) is 6.92 Å². The normalized spacial score (nSPS) is 16.9. The zero-order valence-electron chi connectivity index (χ0n) is 11.0. The van der Waals surface area contributed by atoms with Crippen molar-refractivity contribution in [3.63, 3.8) is 0 Å². The van der Waals surface area contributed by atoms with Crippen molar-refractivity contribution in [2.45, 2.75) is 45.1 Å². The molecule has 0 saturated heterocycles. The molecule has 1 aromatic carbocycles. The van der Waals surface area contributed by atoms with Crippen LogP contribution >= 0.6 is 0 Å². The third-order valence-corrected chi connectivity index (χ3v) is 4.02. The summed E-state index contributed by atoms with van der Waals surface area (Å²) >= 11 is 0. The van der Waals surface area contributed by atoms with Crippen molar-refractivity contribution in [3.05, 3.63) is 42.2 Å². The Kier molecular flexibility index (Phi) is 3.18. The quantitative estimate of drug-likeness (QED) is 0.762. The Labute approximate surface area is 109 Å². The zero-order valence-corrected chi connectivity index (χ0v) is 11.0. The maximum absolute atomic E-state index is 4.59. The molecule has 3 rings (SSSR count). The first-order valence-electron chi connectivity index (χ1n) is 6.95. The zero-order chi connectivity index (χ0) is 12.4. The van der Waals surface area contributed by atoms with Crippen LogP contribution in [-0.4, -0.2) is 9.55 Å². The van der Waals surface area contributed by atoms with Gasteiger partial charge in [0.05, 0.1) is 0 Å². The van der Waals surface area contributed by atoms with Gasteiger partial charge >= 0.3 is 0 Å². The Morgan fingerprint density at radius 3 is 2.67 bits per heavy atom. The predicted octanol–water partition coefficient (Wildman–Crippen LogP) is 4.36. The minimum absolute atomic E-state index is 0.649. The fraction of sp³-hybridized carbons (Fsp3) is 0.438. The summed E-state index contributed by atoms with van der Waals surface area (Å²) in [5.41, 5.74) is 2.58. The summed E-state index contributed by atoms with van der Waals surface area (Å²) in [4.78, 5) is 4.59. The SMILES string of the molecule is Cc1ccccc1-c1nccn1C1CCCCC1. The van der Waals surface area contributed by atoms with Gasteiger partial charge in [-0.1, -0.05) is 43.5 Å². The summed E-state index contributed by atoms with van der Waals surface area (Å²) in [6.07, 6.45) is 10.8. The monoisotopic (exact) mass is 240 g/mol. The number of hydrogen-bond donors (Lipinski definition) is 0. The first kappa shape index (κ1) is 11.5. The van der Waals surface area contributed by atoms with Gasteiger partial charge in [0.1, 0.15) is 5.82 Å². The molecule has 0 spiro atoms. The minimum atomic E-state index is 0.649. The highest BCUT2D eigenvalue weighted by molar-refractivity contribution is 5.60. The lowest BCUT2D eigenvalue weighted by Crippen LogP contribution is -2.13. The fourth-order valence-corrected chi connectivity index (χ4v) is 3.00. The van der Waals surface area contributed by atoms with Crippen LogP contribution in [0.25, 0.3) is 11.4 Å². The summed E-state index contributed by atoms with van der Waals surface area (Å²) in [5, 5.41) is 0. The summed E-state index contributed by atoms with van der Waals surface area (Å²) in [5.74, 6) is 1.14. The van der Waals surface area contributed by atoms with Crippen LogP contribution in [0.1, 0.15) is 43.7 Å². The van der Waals surface area contributed by atoms with E-state index in [9.17, 15) is 0 Å². The molecule has 1 aliphatic carbocycles. The van der Waals surface area contributed by atoms with Gasteiger partial charge in [-0.05, 0) is 25.3 Å². The molecule has 1 aromatic heterocycles. The smallest absolute Gasteiger partial charge is 0.140 e. The van der Waals surface area contributed by atoms with Gasteiger partial charge in [0.25, 0.3) is 0 Å². The molecular formula is C16H20N2. The Morgan fingerprint density at radius 2 is 1.89 bits per heavy atom. The molecule has 0 unspecified atom stereocenters. The second kappa shape index (κ2) is 4.97. The van der Waals surface area contributed by atoms with Crippen LogP contribution in [0.4, 0.5) is 0 Å². The van der Waals surface area contributed by atoms with E-state index in [2.05, 4.69) is 46.9 Å². The van der Waals surface area contributed by atoms with Crippen LogP contribution in [0.15, 0.2) is 36.7 Å². The number of rotatable bonds is 2. The van der Waals surface area contributed by atoms with Crippen molar-refractivity contribution < 1.29 is 0 Å². The molecule has 94 valence electrons. The minimum Gasteiger partial charge on any atom is -0.328 e. The van der Waals surface area contributed by atoms with Crippen LogP contribution in [-0.2, 0) is 0 Å². The average Bonchev–Trinajstić information content (AvgIpc) is 2.89. The summed E-state index contributed by atoms with van der Waals surface area (Å²) in [6.45, 7) is 2.16. The van der Waals surface area contributed by atoms with Gasteiger partial charge in [-0.25, -0.2) is 4.98 Å². The third kappa shape index (κ3) is 2.07. The first-order chi connectivity index (χ1) is 8.86. The number of aryl methyl sites for hydroxylation is 1. The molecule has 0 atom stereocenters. The van der Waals surface area contributed by atoms with E-state index < -0.39 is 0 Å². The number of nitrogens with zero attached hydrogens (tertiary/aromatic N) is 2. The van der Waals surface area contributed by atoms with Gasteiger partial charge in [-0.15, -0.1) is 0 Å². The standard InChI is InChI=1S/C16H20N2/c1-13-7-5-6-10-15(13)16-17-11-12-18(16)14-8-3-2-4-9-14/h5-7,10-12,14H,2-4,8-9H2,1H3. The molecule has 2 aromatic rings. The molecular weight excluding hydrogens is 220 g/mol. The fourth-order valence-electron chi connectivity index (χ4n) is 3.00. The highest BCUT2D eigenvalue weighted by Crippen LogP contribution is 2.32. The van der Waals surface area contributed by atoms with E-state index in [4.69, 9.17) is 0 Å². The van der Waals surface area contributed by atoms with Crippen molar-refractivity contribution in [1.82, 2.24) is 9.55 Å². The number of aromatic nitrogens is 2. The molecule has 0 radical (unpaired) electrons. The Bertz CT molecular complexity index is 521. The summed E-state index contributed by atoms with van der Waals surface area (Å²) in [7, 11) is 0. The van der Waals surface area contributed by atoms with Gasteiger partial charge in [0.2, 0.25) is 0 Å². The van der Waals surface area contributed by atoms with Crippen molar-refractivity contribution in [2.75, 3.05) is 0 Å². The molecule has 1 aliphatic rings. The Morgan fingerprint density at radius 1 is 1.11 bits per heavy atom. The number of hydrogen-bond acceptors (Lipinski definition) is 1. The maximum Gasteiger partial charge on any atom is 0.140 e. The summed E-state index contributed by atoms with van der Waals surface area (Å²) < 4.78 is 2.39. The topological polar surface area (TPSA) is 17.8 Å². The van der Waals surface area contributed by atoms with E-state index in [1.54, 1.807) is 0 Å². The van der Waals surface area contributed by atoms with Crippen LogP contribution in [0.2, 0.25) is 0 Å². The average molecular weight is 240 g/mol. The van der Waals surface area contributed by atoms with Gasteiger partial charge in [0, 0.05) is 24.0 Å². The van der Waals surface area contributed by atoms with E-state index in [-0.39, 0.29) is 0 Å². The molecule has 1 saturated carbocycles. The molecule has 0 N–H and O–H groups in total. The van der Waals surface area contributed by atoms with E-state index in [0.717, 1.165) is 5.82 Å². The van der Waals surface area contributed by atoms with Crippen molar-refractivity contribution >= 4 is 0 Å². The molecule has 2 heteroatoms. The van der Waals surface area contributed by atoms with E-state index in [0.29, 0.717) is 6.04 Å². The van der Waals surface area contributed by atoms with Crippen LogP contribution < -0.4 is 0 Å².